The van der Waals surface area contributed by atoms with Gasteiger partial charge in [0.2, 0.25) is 24.5 Å². The van der Waals surface area contributed by atoms with E-state index in [-0.39, 0.29) is 49.8 Å². The Balaban J connectivity index is 1.41. The number of nitrogens with one attached hydrogen (secondary N) is 2. The second-order valence-electron chi connectivity index (χ2n) is 10.4. The number of benzene rings is 2. The van der Waals surface area contributed by atoms with Gasteiger partial charge in [0.25, 0.3) is 0 Å². The van der Waals surface area contributed by atoms with Crippen molar-refractivity contribution in [2.24, 2.45) is 0 Å². The van der Waals surface area contributed by atoms with E-state index in [9.17, 15) is 14.4 Å². The lowest BCUT2D eigenvalue weighted by molar-refractivity contribution is -0.127. The summed E-state index contributed by atoms with van der Waals surface area (Å²) in [4.78, 5) is 46.2. The van der Waals surface area contributed by atoms with Crippen LogP contribution in [0.15, 0.2) is 66.9 Å². The Bertz CT molecular complexity index is 1380. The lowest BCUT2D eigenvalue weighted by Gasteiger charge is -2.33. The molecule has 1 aliphatic carbocycles. The lowest BCUT2D eigenvalue weighted by Crippen LogP contribution is -2.47. The molecule has 0 radical (unpaired) electrons. The van der Waals surface area contributed by atoms with E-state index in [4.69, 9.17) is 14.2 Å². The molecule has 1 atom stereocenters. The fourth-order valence-electron chi connectivity index (χ4n) is 5.37. The molecular weight excluding hydrogens is 536 g/mol. The van der Waals surface area contributed by atoms with Gasteiger partial charge < -0.3 is 24.8 Å². The maximum Gasteiger partial charge on any atom is 0.248 e. The predicted molar refractivity (Wildman–Crippen MR) is 158 cm³/mol. The number of amides is 3. The zero-order chi connectivity index (χ0) is 29.3. The van der Waals surface area contributed by atoms with Crippen LogP contribution < -0.4 is 29.7 Å². The molecule has 1 fully saturated rings. The minimum atomic E-state index is -0.951. The highest BCUT2D eigenvalue weighted by Gasteiger charge is 2.35. The molecule has 1 aromatic heterocycles. The summed E-state index contributed by atoms with van der Waals surface area (Å²) in [6, 6.07) is 16.7. The quantitative estimate of drug-likeness (QED) is 0.326. The van der Waals surface area contributed by atoms with Crippen LogP contribution in [0, 0.1) is 0 Å². The third kappa shape index (κ3) is 7.18. The topological polar surface area (TPSA) is 119 Å². The molecule has 0 spiro atoms. The number of carbonyl (C=O) groups excluding carboxylic acids is 3. The van der Waals surface area contributed by atoms with E-state index in [1.807, 2.05) is 0 Å². The number of aromatic nitrogens is 1. The van der Waals surface area contributed by atoms with Gasteiger partial charge in [-0.25, -0.2) is 4.98 Å². The summed E-state index contributed by atoms with van der Waals surface area (Å²) in [5.41, 5.74) is 1.14. The molecule has 2 aromatic carbocycles. The number of methoxy groups -OCH3 is 1. The molecule has 10 heteroatoms. The molecule has 0 bridgehead atoms. The summed E-state index contributed by atoms with van der Waals surface area (Å²) in [6.45, 7) is 0.0855. The van der Waals surface area contributed by atoms with E-state index in [0.717, 1.165) is 32.1 Å². The molecule has 42 heavy (non-hydrogen) atoms. The van der Waals surface area contributed by atoms with Crippen LogP contribution in [0.4, 0.5) is 11.5 Å². The van der Waals surface area contributed by atoms with Gasteiger partial charge in [-0.1, -0.05) is 37.5 Å². The van der Waals surface area contributed by atoms with Crippen molar-refractivity contribution in [3.63, 3.8) is 0 Å². The minimum absolute atomic E-state index is 0.0491. The highest BCUT2D eigenvalue weighted by molar-refractivity contribution is 6.02. The Morgan fingerprint density at radius 2 is 1.76 bits per heavy atom. The van der Waals surface area contributed by atoms with Crippen LogP contribution in [-0.2, 0) is 14.4 Å². The molecule has 10 nitrogen and oxygen atoms in total. The van der Waals surface area contributed by atoms with Crippen molar-refractivity contribution in [1.82, 2.24) is 10.3 Å². The van der Waals surface area contributed by atoms with Gasteiger partial charge >= 0.3 is 0 Å². The summed E-state index contributed by atoms with van der Waals surface area (Å²) >= 11 is 0. The van der Waals surface area contributed by atoms with Crippen LogP contribution >= 0.6 is 0 Å². The van der Waals surface area contributed by atoms with Crippen LogP contribution in [0.3, 0.4) is 0 Å². The van der Waals surface area contributed by atoms with Gasteiger partial charge in [0, 0.05) is 36.8 Å². The highest BCUT2D eigenvalue weighted by Crippen LogP contribution is 2.39. The molecule has 3 aromatic rings. The van der Waals surface area contributed by atoms with Gasteiger partial charge in [-0.2, -0.15) is 0 Å². The van der Waals surface area contributed by atoms with E-state index in [0.29, 0.717) is 34.3 Å². The van der Waals surface area contributed by atoms with Crippen molar-refractivity contribution in [2.45, 2.75) is 63.5 Å². The smallest absolute Gasteiger partial charge is 0.248 e. The third-order valence-corrected chi connectivity index (χ3v) is 7.52. The number of pyridine rings is 1. The molecule has 2 heterocycles. The maximum absolute atomic E-state index is 14.0. The van der Waals surface area contributed by atoms with Gasteiger partial charge in [-0.05, 0) is 61.2 Å². The third-order valence-electron chi connectivity index (χ3n) is 7.52. The molecule has 0 saturated heterocycles. The largest absolute Gasteiger partial charge is 0.497 e. The molecule has 1 saturated carbocycles. The standard InChI is InChI=1S/C32H36N4O6/c1-40-25-16-13-22(14-17-25)31(32(39)34-23-8-3-2-4-9-23)36(24-15-18-26-27(20-24)42-21-41-26)30(38)12-7-11-29(37)35-28-10-5-6-19-33-28/h5-6,10,13-20,23,31H,2-4,7-9,11-12,21H2,1H3,(H,34,39)(H,33,35,37). The monoisotopic (exact) mass is 572 g/mol. The zero-order valence-electron chi connectivity index (χ0n) is 23.7. The second-order valence-corrected chi connectivity index (χ2v) is 10.4. The second kappa shape index (κ2) is 13.8. The van der Waals surface area contributed by atoms with E-state index in [2.05, 4.69) is 15.6 Å². The Labute approximate surface area is 245 Å². The van der Waals surface area contributed by atoms with Gasteiger partial charge in [-0.15, -0.1) is 0 Å². The van der Waals surface area contributed by atoms with Crippen LogP contribution in [-0.4, -0.2) is 42.7 Å². The zero-order valence-corrected chi connectivity index (χ0v) is 23.7. The number of hydrogen-bond acceptors (Lipinski definition) is 7. The molecule has 220 valence electrons. The van der Waals surface area contributed by atoms with Crippen LogP contribution in [0.1, 0.15) is 63.0 Å². The first kappa shape index (κ1) is 28.9. The van der Waals surface area contributed by atoms with E-state index in [1.165, 1.54) is 4.90 Å². The summed E-state index contributed by atoms with van der Waals surface area (Å²) in [5, 5.41) is 5.96. The lowest BCUT2D eigenvalue weighted by atomic mass is 9.94. The van der Waals surface area contributed by atoms with E-state index >= 15 is 0 Å². The molecule has 1 aliphatic heterocycles. The highest BCUT2D eigenvalue weighted by atomic mass is 16.7. The van der Waals surface area contributed by atoms with Crippen LogP contribution in [0.2, 0.25) is 0 Å². The van der Waals surface area contributed by atoms with Crippen molar-refractivity contribution in [3.05, 3.63) is 72.4 Å². The average Bonchev–Trinajstić information content (AvgIpc) is 3.49. The van der Waals surface area contributed by atoms with Crippen LogP contribution in [0.25, 0.3) is 0 Å². The van der Waals surface area contributed by atoms with Crippen molar-refractivity contribution < 1.29 is 28.6 Å². The number of hydrogen-bond donors (Lipinski definition) is 2. The number of carbonyl (C=O) groups is 3. The normalized spacial score (nSPS) is 15.0. The van der Waals surface area contributed by atoms with Crippen molar-refractivity contribution >= 4 is 29.2 Å². The van der Waals surface area contributed by atoms with Gasteiger partial charge in [0.15, 0.2) is 11.5 Å². The Kier molecular flexibility index (Phi) is 9.53. The Morgan fingerprint density at radius 1 is 0.976 bits per heavy atom. The van der Waals surface area contributed by atoms with E-state index in [1.54, 1.807) is 74.0 Å². The molecule has 2 aliphatic rings. The van der Waals surface area contributed by atoms with Crippen molar-refractivity contribution in [2.75, 3.05) is 24.1 Å². The average molecular weight is 573 g/mol. The maximum atomic E-state index is 14.0. The van der Waals surface area contributed by atoms with Crippen molar-refractivity contribution in [3.8, 4) is 17.2 Å². The molecule has 2 N–H and O–H groups in total. The predicted octanol–water partition coefficient (Wildman–Crippen LogP) is 5.15. The van der Waals surface area contributed by atoms with Crippen LogP contribution in [0.5, 0.6) is 17.2 Å². The molecule has 1 unspecified atom stereocenters. The number of fused-ring (bicyclic) bond motifs is 1. The number of rotatable bonds is 11. The SMILES string of the molecule is COc1ccc(C(C(=O)NC2CCCCC2)N(C(=O)CCCC(=O)Nc2ccccn2)c2ccc3c(c2)OCO3)cc1. The number of nitrogens with zero attached hydrogens (tertiary/aromatic N) is 2. The van der Waals surface area contributed by atoms with Gasteiger partial charge in [-0.3, -0.25) is 19.3 Å². The Morgan fingerprint density at radius 3 is 2.50 bits per heavy atom. The number of ether oxygens (including phenoxy) is 3. The van der Waals surface area contributed by atoms with Gasteiger partial charge in [0.1, 0.15) is 17.6 Å². The first-order valence-corrected chi connectivity index (χ1v) is 14.4. The fourth-order valence-corrected chi connectivity index (χ4v) is 5.37. The minimum Gasteiger partial charge on any atom is -0.497 e. The summed E-state index contributed by atoms with van der Waals surface area (Å²) < 4.78 is 16.4. The van der Waals surface area contributed by atoms with E-state index < -0.39 is 6.04 Å². The van der Waals surface area contributed by atoms with Gasteiger partial charge in [0.05, 0.1) is 7.11 Å². The fraction of sp³-hybridized carbons (Fsp3) is 0.375. The first-order valence-electron chi connectivity index (χ1n) is 14.4. The summed E-state index contributed by atoms with van der Waals surface area (Å²) in [6.07, 6.45) is 7.15. The first-order chi connectivity index (χ1) is 20.5. The summed E-state index contributed by atoms with van der Waals surface area (Å²) in [7, 11) is 1.58. The Hall–Kier alpha value is -4.60. The molecular formula is C32H36N4O6. The number of anilines is 2. The molecule has 5 rings (SSSR count). The van der Waals surface area contributed by atoms with Crippen molar-refractivity contribution in [1.29, 1.82) is 0 Å². The summed E-state index contributed by atoms with van der Waals surface area (Å²) in [5.74, 6) is 1.38. The molecule has 3 amide bonds.